The standard InChI is InChI=1S/C22H30N2O6S2/c1-15(2)5-9-19(25)21-10-8-18(31-21)13-23-14-22(26)24(32(23,27)28)12-16-6-7-17(29-3)11-20(16)30-4/h6-8,10-11,14-15,19,25-26H,5,9,12-13H2,1-4H3. The SMILES string of the molecule is COc1ccc(CN2C(O)=CN(Cc3ccc(C(O)CCC(C)C)s3)S2(=O)=O)c(OC)c1. The highest BCUT2D eigenvalue weighted by Crippen LogP contribution is 2.33. The van der Waals surface area contributed by atoms with Gasteiger partial charge in [0.15, 0.2) is 0 Å². The van der Waals surface area contributed by atoms with Crippen molar-refractivity contribution in [3.05, 3.63) is 57.7 Å². The summed E-state index contributed by atoms with van der Waals surface area (Å²) in [7, 11) is -0.943. The monoisotopic (exact) mass is 482 g/mol. The van der Waals surface area contributed by atoms with Crippen LogP contribution in [-0.4, -0.2) is 41.5 Å². The first-order valence-electron chi connectivity index (χ1n) is 10.3. The molecule has 176 valence electrons. The van der Waals surface area contributed by atoms with Gasteiger partial charge >= 0.3 is 10.2 Å². The minimum absolute atomic E-state index is 0.0736. The maximum Gasteiger partial charge on any atom is 0.329 e. The Morgan fingerprint density at radius 1 is 1.06 bits per heavy atom. The van der Waals surface area contributed by atoms with Gasteiger partial charge in [-0.05, 0) is 43.0 Å². The Bertz CT molecular complexity index is 1060. The second-order valence-electron chi connectivity index (χ2n) is 8.02. The van der Waals surface area contributed by atoms with E-state index in [4.69, 9.17) is 9.47 Å². The smallest absolute Gasteiger partial charge is 0.329 e. The molecule has 0 bridgehead atoms. The summed E-state index contributed by atoms with van der Waals surface area (Å²) in [6.07, 6.45) is 2.22. The molecular formula is C22H30N2O6S2. The summed E-state index contributed by atoms with van der Waals surface area (Å²) in [5, 5.41) is 20.8. The molecule has 1 aromatic heterocycles. The van der Waals surface area contributed by atoms with Crippen LogP contribution in [0.4, 0.5) is 0 Å². The summed E-state index contributed by atoms with van der Waals surface area (Å²) >= 11 is 1.38. The molecular weight excluding hydrogens is 452 g/mol. The van der Waals surface area contributed by atoms with E-state index in [1.54, 1.807) is 18.2 Å². The van der Waals surface area contributed by atoms with E-state index in [0.29, 0.717) is 29.4 Å². The number of aliphatic hydroxyl groups excluding tert-OH is 2. The molecule has 1 aromatic carbocycles. The number of rotatable bonds is 10. The third-order valence-corrected chi connectivity index (χ3v) is 8.11. The van der Waals surface area contributed by atoms with Gasteiger partial charge in [0.2, 0.25) is 5.88 Å². The molecule has 1 atom stereocenters. The van der Waals surface area contributed by atoms with Gasteiger partial charge in [0.1, 0.15) is 11.5 Å². The van der Waals surface area contributed by atoms with Crippen molar-refractivity contribution in [1.29, 1.82) is 0 Å². The van der Waals surface area contributed by atoms with Crippen molar-refractivity contribution in [3.8, 4) is 11.5 Å². The highest BCUT2D eigenvalue weighted by atomic mass is 32.2. The fraction of sp³-hybridized carbons (Fsp3) is 0.455. The van der Waals surface area contributed by atoms with E-state index in [1.165, 1.54) is 31.8 Å². The van der Waals surface area contributed by atoms with Crippen molar-refractivity contribution >= 4 is 21.5 Å². The molecule has 0 fully saturated rings. The molecule has 2 N–H and O–H groups in total. The third-order valence-electron chi connectivity index (χ3n) is 5.24. The molecule has 2 heterocycles. The van der Waals surface area contributed by atoms with Crippen LogP contribution >= 0.6 is 11.3 Å². The zero-order chi connectivity index (χ0) is 23.5. The van der Waals surface area contributed by atoms with Gasteiger partial charge in [0.05, 0.1) is 39.6 Å². The van der Waals surface area contributed by atoms with Crippen molar-refractivity contribution in [1.82, 2.24) is 8.61 Å². The number of thiophene rings is 1. The molecule has 0 spiro atoms. The first-order valence-corrected chi connectivity index (χ1v) is 12.5. The Morgan fingerprint density at radius 2 is 1.81 bits per heavy atom. The maximum absolute atomic E-state index is 13.1. The fourth-order valence-corrected chi connectivity index (χ4v) is 5.86. The molecule has 0 aliphatic carbocycles. The third kappa shape index (κ3) is 5.31. The molecule has 8 nitrogen and oxygen atoms in total. The Morgan fingerprint density at radius 3 is 2.47 bits per heavy atom. The van der Waals surface area contributed by atoms with Crippen molar-refractivity contribution in [2.24, 2.45) is 5.92 Å². The normalized spacial score (nSPS) is 16.4. The lowest BCUT2D eigenvalue weighted by molar-refractivity contribution is 0.163. The second kappa shape index (κ2) is 10.0. The van der Waals surface area contributed by atoms with Gasteiger partial charge in [-0.25, -0.2) is 8.61 Å². The summed E-state index contributed by atoms with van der Waals surface area (Å²) in [5.41, 5.74) is 0.588. The van der Waals surface area contributed by atoms with E-state index in [9.17, 15) is 18.6 Å². The molecule has 1 aliphatic rings. The van der Waals surface area contributed by atoms with Crippen LogP contribution in [-0.2, 0) is 23.3 Å². The topological polar surface area (TPSA) is 99.5 Å². The average Bonchev–Trinajstić information content (AvgIpc) is 3.30. The highest BCUT2D eigenvalue weighted by molar-refractivity contribution is 7.87. The molecule has 3 rings (SSSR count). The Labute approximate surface area is 193 Å². The van der Waals surface area contributed by atoms with Crippen LogP contribution in [0.5, 0.6) is 11.5 Å². The number of nitrogens with zero attached hydrogens (tertiary/aromatic N) is 2. The Kier molecular flexibility index (Phi) is 7.58. The second-order valence-corrected chi connectivity index (χ2v) is 11.0. The van der Waals surface area contributed by atoms with E-state index < -0.39 is 16.3 Å². The first-order chi connectivity index (χ1) is 15.1. The predicted molar refractivity (Wildman–Crippen MR) is 124 cm³/mol. The minimum atomic E-state index is -3.97. The summed E-state index contributed by atoms with van der Waals surface area (Å²) in [4.78, 5) is 1.59. The maximum atomic E-state index is 13.1. The van der Waals surface area contributed by atoms with E-state index in [2.05, 4.69) is 13.8 Å². The fourth-order valence-electron chi connectivity index (χ4n) is 3.38. The average molecular weight is 483 g/mol. The molecule has 0 saturated heterocycles. The number of benzene rings is 1. The van der Waals surface area contributed by atoms with Crippen LogP contribution in [0.3, 0.4) is 0 Å². The quantitative estimate of drug-likeness (QED) is 0.528. The van der Waals surface area contributed by atoms with E-state index in [0.717, 1.165) is 24.8 Å². The molecule has 1 unspecified atom stereocenters. The summed E-state index contributed by atoms with van der Waals surface area (Å²) in [5.74, 6) is 1.18. The van der Waals surface area contributed by atoms with Gasteiger partial charge in [-0.3, -0.25) is 0 Å². The molecule has 0 radical (unpaired) electrons. The van der Waals surface area contributed by atoms with Gasteiger partial charge in [-0.2, -0.15) is 8.42 Å². The lowest BCUT2D eigenvalue weighted by Gasteiger charge is -2.22. The van der Waals surface area contributed by atoms with Crippen LogP contribution < -0.4 is 9.47 Å². The van der Waals surface area contributed by atoms with Crippen LogP contribution in [0.15, 0.2) is 42.4 Å². The van der Waals surface area contributed by atoms with Crippen molar-refractivity contribution < 1.29 is 28.1 Å². The molecule has 0 amide bonds. The van der Waals surface area contributed by atoms with Crippen molar-refractivity contribution in [3.63, 3.8) is 0 Å². The lowest BCUT2D eigenvalue weighted by Crippen LogP contribution is -2.33. The molecule has 1 aliphatic heterocycles. The molecule has 32 heavy (non-hydrogen) atoms. The van der Waals surface area contributed by atoms with Gasteiger partial charge in [0.25, 0.3) is 0 Å². The summed E-state index contributed by atoms with van der Waals surface area (Å²) < 4.78 is 38.7. The Hall–Kier alpha value is -2.43. The van der Waals surface area contributed by atoms with Crippen LogP contribution in [0.1, 0.15) is 48.1 Å². The predicted octanol–water partition coefficient (Wildman–Crippen LogP) is 4.15. The Balaban J connectivity index is 1.73. The van der Waals surface area contributed by atoms with Gasteiger partial charge < -0.3 is 19.7 Å². The zero-order valence-electron chi connectivity index (χ0n) is 18.7. The van der Waals surface area contributed by atoms with Gasteiger partial charge in [-0.15, -0.1) is 11.3 Å². The van der Waals surface area contributed by atoms with E-state index in [-0.39, 0.29) is 19.0 Å². The minimum Gasteiger partial charge on any atom is -0.497 e. The largest absolute Gasteiger partial charge is 0.497 e. The number of methoxy groups -OCH3 is 2. The number of hydrogen-bond donors (Lipinski definition) is 2. The molecule has 0 saturated carbocycles. The van der Waals surface area contributed by atoms with Crippen LogP contribution in [0, 0.1) is 5.92 Å². The highest BCUT2D eigenvalue weighted by Gasteiger charge is 2.37. The lowest BCUT2D eigenvalue weighted by atomic mass is 10.0. The molecule has 2 aromatic rings. The van der Waals surface area contributed by atoms with E-state index >= 15 is 0 Å². The molecule has 10 heteroatoms. The van der Waals surface area contributed by atoms with Gasteiger partial charge in [0, 0.05) is 21.4 Å². The van der Waals surface area contributed by atoms with Gasteiger partial charge in [-0.1, -0.05) is 13.8 Å². The zero-order valence-corrected chi connectivity index (χ0v) is 20.3. The number of aliphatic hydroxyl groups is 2. The number of hydrogen-bond acceptors (Lipinski definition) is 7. The summed E-state index contributed by atoms with van der Waals surface area (Å²) in [6.45, 7) is 4.20. The first kappa shape index (κ1) is 24.2. The van der Waals surface area contributed by atoms with Crippen molar-refractivity contribution in [2.75, 3.05) is 14.2 Å². The number of ether oxygens (including phenoxy) is 2. The van der Waals surface area contributed by atoms with Crippen LogP contribution in [0.2, 0.25) is 0 Å². The van der Waals surface area contributed by atoms with Crippen molar-refractivity contribution in [2.45, 2.75) is 45.9 Å². The van der Waals surface area contributed by atoms with E-state index in [1.807, 2.05) is 12.1 Å². The van der Waals surface area contributed by atoms with Crippen LogP contribution in [0.25, 0.3) is 0 Å². The summed E-state index contributed by atoms with van der Waals surface area (Å²) in [6, 6.07) is 8.71.